The van der Waals surface area contributed by atoms with E-state index >= 15 is 0 Å². The number of carboxylic acid groups (broad SMARTS) is 1. The maximum Gasteiger partial charge on any atom is 0.226 e. The second-order valence-corrected chi connectivity index (χ2v) is 5.61. The maximum absolute atomic E-state index is 11.6. The smallest absolute Gasteiger partial charge is 0.226 e. The molecule has 1 aromatic carbocycles. The molecule has 0 aliphatic carbocycles. The van der Waals surface area contributed by atoms with Crippen molar-refractivity contribution in [1.29, 1.82) is 0 Å². The number of hydrogen-bond acceptors (Lipinski definition) is 5. The van der Waals surface area contributed by atoms with E-state index in [-0.39, 0.29) is 25.2 Å². The number of aliphatic carboxylic acids is 1. The Labute approximate surface area is 130 Å². The molecular weight excluding hydrogens is 312 g/mol. The molecule has 0 spiro atoms. The minimum absolute atomic E-state index is 0.124. The van der Waals surface area contributed by atoms with E-state index in [1.165, 1.54) is 11.3 Å². The lowest BCUT2D eigenvalue weighted by molar-refractivity contribution is -0.305. The topological polar surface area (TPSA) is 82.1 Å². The highest BCUT2D eigenvalue weighted by Crippen LogP contribution is 2.26. The lowest BCUT2D eigenvalue weighted by atomic mass is 10.2. The summed E-state index contributed by atoms with van der Waals surface area (Å²) in [7, 11) is 0. The van der Waals surface area contributed by atoms with Crippen molar-refractivity contribution in [1.82, 2.24) is 4.98 Å². The van der Waals surface area contributed by atoms with E-state index in [1.807, 2.05) is 17.5 Å². The predicted molar refractivity (Wildman–Crippen MR) is 80.0 cm³/mol. The van der Waals surface area contributed by atoms with Gasteiger partial charge in [-0.05, 0) is 25.0 Å². The van der Waals surface area contributed by atoms with Crippen molar-refractivity contribution >= 4 is 39.9 Å². The van der Waals surface area contributed by atoms with Crippen LogP contribution in [-0.4, -0.2) is 16.9 Å². The van der Waals surface area contributed by atoms with Gasteiger partial charge in [0.1, 0.15) is 0 Å². The van der Waals surface area contributed by atoms with E-state index < -0.39 is 5.97 Å². The van der Waals surface area contributed by atoms with Gasteiger partial charge < -0.3 is 15.2 Å². The number of carbonyl (C=O) groups excluding carboxylic acids is 2. The molecule has 0 aliphatic rings. The minimum Gasteiger partial charge on any atom is -0.550 e. The molecule has 5 nitrogen and oxygen atoms in total. The molecule has 0 bridgehead atoms. The molecule has 0 aliphatic heterocycles. The average Bonchev–Trinajstić information content (AvgIpc) is 2.87. The van der Waals surface area contributed by atoms with Crippen molar-refractivity contribution in [2.24, 2.45) is 0 Å². The van der Waals surface area contributed by atoms with Crippen LogP contribution >= 0.6 is 22.9 Å². The molecule has 0 saturated carbocycles. The van der Waals surface area contributed by atoms with Gasteiger partial charge in [-0.15, -0.1) is 11.3 Å². The third kappa shape index (κ3) is 4.84. The van der Waals surface area contributed by atoms with Crippen molar-refractivity contribution < 1.29 is 14.7 Å². The number of nitrogens with one attached hydrogen (secondary N) is 1. The van der Waals surface area contributed by atoms with Crippen LogP contribution in [0, 0.1) is 0 Å². The average molecular weight is 324 g/mol. The van der Waals surface area contributed by atoms with Gasteiger partial charge >= 0.3 is 0 Å². The van der Waals surface area contributed by atoms with E-state index in [0.29, 0.717) is 10.2 Å². The first kappa shape index (κ1) is 15.5. The highest BCUT2D eigenvalue weighted by molar-refractivity contribution is 7.14. The summed E-state index contributed by atoms with van der Waals surface area (Å²) in [6.07, 6.45) is 0.259. The van der Waals surface area contributed by atoms with Gasteiger partial charge in [0.2, 0.25) is 5.91 Å². The molecular formula is C14H12ClN2O3S-. The largest absolute Gasteiger partial charge is 0.550 e. The first-order valence-corrected chi connectivity index (χ1v) is 7.51. The van der Waals surface area contributed by atoms with Crippen LogP contribution in [-0.2, 0) is 9.59 Å². The SMILES string of the molecule is O=C([O-])CCCC(=O)Nc1nc(-c2ccc(Cl)cc2)cs1. The fourth-order valence-electron chi connectivity index (χ4n) is 1.66. The number of aromatic nitrogens is 1. The fourth-order valence-corrected chi connectivity index (χ4v) is 2.52. The molecule has 0 atom stereocenters. The Bertz CT molecular complexity index is 640. The zero-order chi connectivity index (χ0) is 15.2. The first-order valence-electron chi connectivity index (χ1n) is 6.26. The summed E-state index contributed by atoms with van der Waals surface area (Å²) in [5.41, 5.74) is 1.66. The molecule has 0 saturated heterocycles. The summed E-state index contributed by atoms with van der Waals surface area (Å²) < 4.78 is 0. The molecule has 1 N–H and O–H groups in total. The Balaban J connectivity index is 1.92. The predicted octanol–water partition coefficient (Wildman–Crippen LogP) is 2.32. The molecule has 7 heteroatoms. The molecule has 2 aromatic rings. The Hall–Kier alpha value is -1.92. The van der Waals surface area contributed by atoms with Gasteiger partial charge in [0.15, 0.2) is 5.13 Å². The summed E-state index contributed by atoms with van der Waals surface area (Å²) in [5.74, 6) is -1.41. The number of anilines is 1. The highest BCUT2D eigenvalue weighted by atomic mass is 35.5. The van der Waals surface area contributed by atoms with Crippen LogP contribution in [0.5, 0.6) is 0 Å². The molecule has 0 radical (unpaired) electrons. The lowest BCUT2D eigenvalue weighted by Crippen LogP contribution is -2.22. The Kier molecular flexibility index (Phi) is 5.30. The zero-order valence-corrected chi connectivity index (χ0v) is 12.5. The molecule has 1 amide bonds. The molecule has 21 heavy (non-hydrogen) atoms. The second-order valence-electron chi connectivity index (χ2n) is 4.32. The molecule has 2 rings (SSSR count). The van der Waals surface area contributed by atoms with Crippen LogP contribution in [0.4, 0.5) is 5.13 Å². The number of halogens is 1. The maximum atomic E-state index is 11.6. The summed E-state index contributed by atoms with van der Waals surface area (Å²) >= 11 is 7.13. The van der Waals surface area contributed by atoms with E-state index in [0.717, 1.165) is 11.3 Å². The second kappa shape index (κ2) is 7.19. The third-order valence-electron chi connectivity index (χ3n) is 2.68. The van der Waals surface area contributed by atoms with E-state index in [2.05, 4.69) is 10.3 Å². The molecule has 1 aromatic heterocycles. The highest BCUT2D eigenvalue weighted by Gasteiger charge is 2.08. The Morgan fingerprint density at radius 3 is 2.62 bits per heavy atom. The Morgan fingerprint density at radius 2 is 1.95 bits per heavy atom. The summed E-state index contributed by atoms with van der Waals surface area (Å²) in [4.78, 5) is 26.2. The zero-order valence-electron chi connectivity index (χ0n) is 11.0. The third-order valence-corrected chi connectivity index (χ3v) is 3.68. The van der Waals surface area contributed by atoms with Crippen molar-refractivity contribution in [2.75, 3.05) is 5.32 Å². The number of nitrogens with zero attached hydrogens (tertiary/aromatic N) is 1. The van der Waals surface area contributed by atoms with Crippen molar-refractivity contribution in [3.63, 3.8) is 0 Å². The number of thiazole rings is 1. The standard InChI is InChI=1S/C14H13ClN2O3S/c15-10-6-4-9(5-7-10)11-8-21-14(16-11)17-12(18)2-1-3-13(19)20/h4-8H,1-3H2,(H,19,20)(H,16,17,18)/p-1. The molecule has 110 valence electrons. The van der Waals surface area contributed by atoms with Crippen LogP contribution in [0.3, 0.4) is 0 Å². The fraction of sp³-hybridized carbons (Fsp3) is 0.214. The van der Waals surface area contributed by atoms with Gasteiger partial charge in [0, 0.05) is 28.4 Å². The van der Waals surface area contributed by atoms with Crippen LogP contribution in [0.2, 0.25) is 5.02 Å². The summed E-state index contributed by atoms with van der Waals surface area (Å²) in [5, 5.41) is 15.9. The number of rotatable bonds is 6. The summed E-state index contributed by atoms with van der Waals surface area (Å²) in [6, 6.07) is 7.24. The summed E-state index contributed by atoms with van der Waals surface area (Å²) in [6.45, 7) is 0. The number of hydrogen-bond donors (Lipinski definition) is 1. The van der Waals surface area contributed by atoms with Crippen LogP contribution in [0.25, 0.3) is 11.3 Å². The monoisotopic (exact) mass is 323 g/mol. The van der Waals surface area contributed by atoms with Crippen molar-refractivity contribution in [3.05, 3.63) is 34.7 Å². The van der Waals surface area contributed by atoms with Crippen LogP contribution in [0.15, 0.2) is 29.6 Å². The number of benzene rings is 1. The normalized spacial score (nSPS) is 10.3. The number of carboxylic acids is 1. The number of carbonyl (C=O) groups is 2. The van der Waals surface area contributed by atoms with Gasteiger partial charge in [-0.2, -0.15) is 0 Å². The van der Waals surface area contributed by atoms with Crippen molar-refractivity contribution in [3.8, 4) is 11.3 Å². The van der Waals surface area contributed by atoms with E-state index in [4.69, 9.17) is 11.6 Å². The molecule has 1 heterocycles. The first-order chi connectivity index (χ1) is 10.0. The van der Waals surface area contributed by atoms with Crippen LogP contribution < -0.4 is 10.4 Å². The lowest BCUT2D eigenvalue weighted by Gasteiger charge is -2.02. The number of amides is 1. The van der Waals surface area contributed by atoms with Gasteiger partial charge in [-0.3, -0.25) is 4.79 Å². The van der Waals surface area contributed by atoms with E-state index in [9.17, 15) is 14.7 Å². The quantitative estimate of drug-likeness (QED) is 0.884. The van der Waals surface area contributed by atoms with Gasteiger partial charge in [-0.25, -0.2) is 4.98 Å². The van der Waals surface area contributed by atoms with Gasteiger partial charge in [0.05, 0.1) is 5.69 Å². The van der Waals surface area contributed by atoms with Gasteiger partial charge in [0.25, 0.3) is 0 Å². The van der Waals surface area contributed by atoms with E-state index in [1.54, 1.807) is 12.1 Å². The Morgan fingerprint density at radius 1 is 1.24 bits per heavy atom. The van der Waals surface area contributed by atoms with Crippen molar-refractivity contribution in [2.45, 2.75) is 19.3 Å². The molecule has 0 fully saturated rings. The minimum atomic E-state index is -1.15. The van der Waals surface area contributed by atoms with Gasteiger partial charge in [-0.1, -0.05) is 23.7 Å². The molecule has 0 unspecified atom stereocenters. The van der Waals surface area contributed by atoms with Crippen LogP contribution in [0.1, 0.15) is 19.3 Å².